The highest BCUT2D eigenvalue weighted by Gasteiger charge is 2.18. The molecule has 6 nitrogen and oxygen atoms in total. The molecule has 0 spiro atoms. The largest absolute Gasteiger partial charge is 0.338 e. The van der Waals surface area contributed by atoms with E-state index in [-0.39, 0.29) is 18.3 Å². The van der Waals surface area contributed by atoms with Crippen LogP contribution in [0.1, 0.15) is 18.9 Å². The number of carbonyl (C=O) groups excluding carboxylic acids is 2. The number of benzene rings is 1. The first-order valence-corrected chi connectivity index (χ1v) is 8.34. The molecular formula is C17H25FN4O2. The number of hydrogen-bond donors (Lipinski definition) is 2. The second-order valence-electron chi connectivity index (χ2n) is 5.90. The molecule has 24 heavy (non-hydrogen) atoms. The van der Waals surface area contributed by atoms with Crippen molar-refractivity contribution < 1.29 is 14.0 Å². The lowest BCUT2D eigenvalue weighted by atomic mass is 10.2. The monoisotopic (exact) mass is 336 g/mol. The quantitative estimate of drug-likeness (QED) is 0.847. The van der Waals surface area contributed by atoms with Gasteiger partial charge < -0.3 is 5.32 Å². The van der Waals surface area contributed by atoms with E-state index in [1.807, 2.05) is 11.0 Å². The summed E-state index contributed by atoms with van der Waals surface area (Å²) in [5.41, 5.74) is 0.694. The van der Waals surface area contributed by atoms with E-state index in [4.69, 9.17) is 0 Å². The first-order valence-electron chi connectivity index (χ1n) is 8.34. The van der Waals surface area contributed by atoms with Crippen molar-refractivity contribution in [3.8, 4) is 0 Å². The van der Waals surface area contributed by atoms with Crippen LogP contribution in [0.25, 0.3) is 0 Å². The van der Waals surface area contributed by atoms with Crippen molar-refractivity contribution in [3.63, 3.8) is 0 Å². The van der Waals surface area contributed by atoms with Crippen molar-refractivity contribution in [1.29, 1.82) is 0 Å². The van der Waals surface area contributed by atoms with Crippen LogP contribution in [0.5, 0.6) is 0 Å². The molecular weight excluding hydrogens is 311 g/mol. The first kappa shape index (κ1) is 18.4. The molecule has 2 rings (SSSR count). The molecule has 0 unspecified atom stereocenters. The van der Waals surface area contributed by atoms with E-state index in [9.17, 15) is 14.0 Å². The SMILES string of the molecule is CCNC(=O)NC(=O)CN1CCCN(Cc2ccccc2F)CC1. The summed E-state index contributed by atoms with van der Waals surface area (Å²) in [5.74, 6) is -0.483. The maximum absolute atomic E-state index is 13.8. The Balaban J connectivity index is 1.79. The highest BCUT2D eigenvalue weighted by Crippen LogP contribution is 2.12. The standard InChI is InChI=1S/C17H25FN4O2/c1-2-19-17(24)20-16(23)13-22-9-5-8-21(10-11-22)12-14-6-3-4-7-15(14)18/h3-4,6-7H,2,5,8-13H2,1H3,(H2,19,20,23,24). The lowest BCUT2D eigenvalue weighted by Crippen LogP contribution is -2.45. The lowest BCUT2D eigenvalue weighted by Gasteiger charge is -2.21. The van der Waals surface area contributed by atoms with Crippen LogP contribution in [0, 0.1) is 5.82 Å². The Morgan fingerprint density at radius 3 is 2.58 bits per heavy atom. The highest BCUT2D eigenvalue weighted by atomic mass is 19.1. The number of hydrogen-bond acceptors (Lipinski definition) is 4. The smallest absolute Gasteiger partial charge is 0.321 e. The maximum Gasteiger partial charge on any atom is 0.321 e. The summed E-state index contributed by atoms with van der Waals surface area (Å²) in [7, 11) is 0. The predicted octanol–water partition coefficient (Wildman–Crippen LogP) is 1.18. The second kappa shape index (κ2) is 9.34. The molecule has 1 saturated heterocycles. The molecule has 1 aliphatic rings. The van der Waals surface area contributed by atoms with E-state index < -0.39 is 6.03 Å². The number of urea groups is 1. The zero-order chi connectivity index (χ0) is 17.4. The van der Waals surface area contributed by atoms with Gasteiger partial charge in [-0.3, -0.25) is 19.9 Å². The van der Waals surface area contributed by atoms with Gasteiger partial charge in [0.1, 0.15) is 5.82 Å². The number of nitrogens with zero attached hydrogens (tertiary/aromatic N) is 2. The van der Waals surface area contributed by atoms with Gasteiger partial charge in [-0.25, -0.2) is 9.18 Å². The summed E-state index contributed by atoms with van der Waals surface area (Å²) in [4.78, 5) is 27.4. The van der Waals surface area contributed by atoms with Crippen molar-refractivity contribution in [2.75, 3.05) is 39.3 Å². The number of halogens is 1. The van der Waals surface area contributed by atoms with Crippen LogP contribution in [-0.2, 0) is 11.3 Å². The van der Waals surface area contributed by atoms with Crippen molar-refractivity contribution in [2.24, 2.45) is 0 Å². The molecule has 132 valence electrons. The number of nitrogens with one attached hydrogen (secondary N) is 2. The lowest BCUT2D eigenvalue weighted by molar-refractivity contribution is -0.121. The molecule has 1 heterocycles. The molecule has 0 saturated carbocycles. The Labute approximate surface area is 142 Å². The van der Waals surface area contributed by atoms with Gasteiger partial charge in [0.2, 0.25) is 5.91 Å². The van der Waals surface area contributed by atoms with Crippen LogP contribution < -0.4 is 10.6 Å². The number of carbonyl (C=O) groups is 2. The number of imide groups is 1. The van der Waals surface area contributed by atoms with Gasteiger partial charge in [-0.05, 0) is 32.5 Å². The topological polar surface area (TPSA) is 64.7 Å². The summed E-state index contributed by atoms with van der Waals surface area (Å²) in [5, 5.41) is 4.85. The predicted molar refractivity (Wildman–Crippen MR) is 89.9 cm³/mol. The first-order chi connectivity index (χ1) is 11.6. The molecule has 0 radical (unpaired) electrons. The van der Waals surface area contributed by atoms with Crippen LogP contribution in [0.3, 0.4) is 0 Å². The van der Waals surface area contributed by atoms with E-state index in [1.165, 1.54) is 6.07 Å². The molecule has 0 bridgehead atoms. The number of rotatable bonds is 5. The molecule has 0 atom stereocenters. The molecule has 7 heteroatoms. The van der Waals surface area contributed by atoms with Crippen molar-refractivity contribution in [1.82, 2.24) is 20.4 Å². The van der Waals surface area contributed by atoms with E-state index in [1.54, 1.807) is 19.1 Å². The summed E-state index contributed by atoms with van der Waals surface area (Å²) < 4.78 is 13.8. The third-order valence-corrected chi connectivity index (χ3v) is 3.99. The maximum atomic E-state index is 13.8. The summed E-state index contributed by atoms with van der Waals surface area (Å²) in [6.07, 6.45) is 0.906. The third-order valence-electron chi connectivity index (χ3n) is 3.99. The van der Waals surface area contributed by atoms with Gasteiger partial charge in [-0.2, -0.15) is 0 Å². The Morgan fingerprint density at radius 1 is 1.12 bits per heavy atom. The molecule has 0 aromatic heterocycles. The summed E-state index contributed by atoms with van der Waals surface area (Å²) >= 11 is 0. The molecule has 1 aliphatic heterocycles. The van der Waals surface area contributed by atoms with Gasteiger partial charge in [0.15, 0.2) is 0 Å². The van der Waals surface area contributed by atoms with Crippen LogP contribution in [-0.4, -0.2) is 61.0 Å². The Kier molecular flexibility index (Phi) is 7.14. The van der Waals surface area contributed by atoms with Gasteiger partial charge in [0.05, 0.1) is 6.54 Å². The minimum absolute atomic E-state index is 0.181. The zero-order valence-electron chi connectivity index (χ0n) is 14.1. The third kappa shape index (κ3) is 5.90. The molecule has 0 aliphatic carbocycles. The average molecular weight is 336 g/mol. The van der Waals surface area contributed by atoms with Crippen molar-refractivity contribution >= 4 is 11.9 Å². The van der Waals surface area contributed by atoms with E-state index in [2.05, 4.69) is 15.5 Å². The minimum Gasteiger partial charge on any atom is -0.338 e. The van der Waals surface area contributed by atoms with Gasteiger partial charge in [0, 0.05) is 31.7 Å². The van der Waals surface area contributed by atoms with E-state index >= 15 is 0 Å². The van der Waals surface area contributed by atoms with E-state index in [0.717, 1.165) is 32.6 Å². The van der Waals surface area contributed by atoms with Crippen molar-refractivity contribution in [2.45, 2.75) is 19.9 Å². The van der Waals surface area contributed by atoms with Crippen molar-refractivity contribution in [3.05, 3.63) is 35.6 Å². The van der Waals surface area contributed by atoms with Gasteiger partial charge >= 0.3 is 6.03 Å². The molecule has 1 aromatic carbocycles. The fraction of sp³-hybridized carbons (Fsp3) is 0.529. The molecule has 1 aromatic rings. The van der Waals surface area contributed by atoms with Gasteiger partial charge in [-0.1, -0.05) is 18.2 Å². The van der Waals surface area contributed by atoms with Crippen LogP contribution in [0.2, 0.25) is 0 Å². The summed E-state index contributed by atoms with van der Waals surface area (Å²) in [6.45, 7) is 6.19. The Morgan fingerprint density at radius 2 is 1.83 bits per heavy atom. The van der Waals surface area contributed by atoms with Gasteiger partial charge in [-0.15, -0.1) is 0 Å². The Bertz CT molecular complexity index is 567. The molecule has 3 amide bonds. The van der Waals surface area contributed by atoms with Crippen LogP contribution in [0.4, 0.5) is 9.18 Å². The Hall–Kier alpha value is -1.99. The van der Waals surface area contributed by atoms with E-state index in [0.29, 0.717) is 18.7 Å². The fourth-order valence-corrected chi connectivity index (χ4v) is 2.78. The average Bonchev–Trinajstić information content (AvgIpc) is 2.75. The van der Waals surface area contributed by atoms with Crippen LogP contribution >= 0.6 is 0 Å². The molecule has 2 N–H and O–H groups in total. The minimum atomic E-state index is -0.460. The van der Waals surface area contributed by atoms with Crippen LogP contribution in [0.15, 0.2) is 24.3 Å². The highest BCUT2D eigenvalue weighted by molar-refractivity contribution is 5.95. The summed E-state index contributed by atoms with van der Waals surface area (Å²) in [6, 6.07) is 6.35. The normalized spacial score (nSPS) is 16.4. The zero-order valence-corrected chi connectivity index (χ0v) is 14.1. The fourth-order valence-electron chi connectivity index (χ4n) is 2.78. The second-order valence-corrected chi connectivity index (χ2v) is 5.90. The molecule has 1 fully saturated rings. The van der Waals surface area contributed by atoms with Gasteiger partial charge in [0.25, 0.3) is 0 Å². The number of amides is 3.